The molecule has 0 fully saturated rings. The van der Waals surface area contributed by atoms with Gasteiger partial charge >= 0.3 is 0 Å². The molecule has 1 aliphatic rings. The molecule has 3 rings (SSSR count). The van der Waals surface area contributed by atoms with Gasteiger partial charge in [-0.25, -0.2) is 9.97 Å². The second-order valence-electron chi connectivity index (χ2n) is 4.85. The third kappa shape index (κ3) is 2.62. The summed E-state index contributed by atoms with van der Waals surface area (Å²) >= 11 is 1.30. The first-order valence-electron chi connectivity index (χ1n) is 6.66. The molecule has 110 valence electrons. The molecule has 0 saturated heterocycles. The van der Waals surface area contributed by atoms with Crippen LogP contribution in [0.3, 0.4) is 0 Å². The molecule has 0 unspecified atom stereocenters. The van der Waals surface area contributed by atoms with Crippen molar-refractivity contribution < 1.29 is 9.53 Å². The summed E-state index contributed by atoms with van der Waals surface area (Å²) in [7, 11) is 1.68. The van der Waals surface area contributed by atoms with Crippen LogP contribution in [0.4, 0.5) is 5.69 Å². The van der Waals surface area contributed by atoms with Crippen LogP contribution in [-0.4, -0.2) is 47.6 Å². The number of ether oxygens (including phenoxy) is 1. The Morgan fingerprint density at radius 1 is 1.48 bits per heavy atom. The van der Waals surface area contributed by atoms with Gasteiger partial charge in [-0.05, 0) is 12.0 Å². The van der Waals surface area contributed by atoms with Crippen LogP contribution in [0.1, 0.15) is 16.1 Å². The number of fused-ring (bicyclic) bond motifs is 1. The first kappa shape index (κ1) is 14.0. The summed E-state index contributed by atoms with van der Waals surface area (Å²) in [6.07, 6.45) is 6.07. The first-order chi connectivity index (χ1) is 10.2. The average molecular weight is 304 g/mol. The van der Waals surface area contributed by atoms with Gasteiger partial charge in [-0.3, -0.25) is 4.79 Å². The molecule has 0 radical (unpaired) electrons. The van der Waals surface area contributed by atoms with Crippen LogP contribution < -0.4 is 5.73 Å². The molecular formula is C14H16N4O2S. The molecule has 0 bridgehead atoms. The van der Waals surface area contributed by atoms with Crippen LogP contribution in [0.5, 0.6) is 0 Å². The maximum Gasteiger partial charge on any atom is 0.266 e. The predicted molar refractivity (Wildman–Crippen MR) is 82.3 cm³/mol. The molecule has 0 aliphatic carbocycles. The van der Waals surface area contributed by atoms with E-state index in [1.807, 2.05) is 6.08 Å². The van der Waals surface area contributed by atoms with Gasteiger partial charge in [-0.1, -0.05) is 6.08 Å². The van der Waals surface area contributed by atoms with Crippen molar-refractivity contribution in [3.63, 3.8) is 0 Å². The highest BCUT2D eigenvalue weighted by molar-refractivity contribution is 7.21. The van der Waals surface area contributed by atoms with Crippen molar-refractivity contribution in [2.45, 2.75) is 6.42 Å². The van der Waals surface area contributed by atoms with E-state index in [1.165, 1.54) is 16.9 Å². The van der Waals surface area contributed by atoms with E-state index in [4.69, 9.17) is 10.5 Å². The number of rotatable bonds is 3. The number of nitrogen functional groups attached to an aromatic ring is 1. The summed E-state index contributed by atoms with van der Waals surface area (Å²) in [5.74, 6) is -0.0509. The molecule has 2 aromatic rings. The smallest absolute Gasteiger partial charge is 0.266 e. The number of carbonyl (C=O) groups excluding carboxylic acids is 1. The normalized spacial score (nSPS) is 15.3. The second-order valence-corrected chi connectivity index (χ2v) is 5.85. The van der Waals surface area contributed by atoms with E-state index < -0.39 is 0 Å². The Morgan fingerprint density at radius 2 is 2.29 bits per heavy atom. The maximum atomic E-state index is 12.6. The van der Waals surface area contributed by atoms with Crippen molar-refractivity contribution in [2.24, 2.45) is 0 Å². The second kappa shape index (κ2) is 5.79. The van der Waals surface area contributed by atoms with E-state index in [9.17, 15) is 4.79 Å². The molecule has 6 nitrogen and oxygen atoms in total. The summed E-state index contributed by atoms with van der Waals surface area (Å²) < 4.78 is 5.11. The predicted octanol–water partition coefficient (Wildman–Crippen LogP) is 1.69. The Labute approximate surface area is 126 Å². The fraction of sp³-hybridized carbons (Fsp3) is 0.357. The number of thiophene rings is 1. The van der Waals surface area contributed by atoms with Gasteiger partial charge in [0.2, 0.25) is 0 Å². The molecule has 0 atom stereocenters. The molecule has 2 N–H and O–H groups in total. The topological polar surface area (TPSA) is 81.3 Å². The Bertz CT molecular complexity index is 710. The summed E-state index contributed by atoms with van der Waals surface area (Å²) in [5.41, 5.74) is 8.32. The third-order valence-electron chi connectivity index (χ3n) is 3.48. The number of anilines is 1. The summed E-state index contributed by atoms with van der Waals surface area (Å²) in [5, 5.41) is 0. The Morgan fingerprint density at radius 3 is 2.95 bits per heavy atom. The highest BCUT2D eigenvalue weighted by Crippen LogP contribution is 2.31. The zero-order valence-electron chi connectivity index (χ0n) is 11.7. The van der Waals surface area contributed by atoms with E-state index in [-0.39, 0.29) is 5.91 Å². The Kier molecular flexibility index (Phi) is 3.85. The lowest BCUT2D eigenvalue weighted by Crippen LogP contribution is -2.35. The van der Waals surface area contributed by atoms with E-state index in [1.54, 1.807) is 24.4 Å². The number of nitrogens with two attached hydrogens (primary N) is 1. The minimum Gasteiger partial charge on any atom is -0.396 e. The van der Waals surface area contributed by atoms with Gasteiger partial charge in [0, 0.05) is 32.6 Å². The molecule has 2 aromatic heterocycles. The summed E-state index contributed by atoms with van der Waals surface area (Å²) in [4.78, 5) is 24.0. The molecule has 3 heterocycles. The molecule has 0 spiro atoms. The van der Waals surface area contributed by atoms with Gasteiger partial charge in [0.25, 0.3) is 5.91 Å². The summed E-state index contributed by atoms with van der Waals surface area (Å²) in [6, 6.07) is 0. The monoisotopic (exact) mass is 304 g/mol. The summed E-state index contributed by atoms with van der Waals surface area (Å²) in [6.45, 7) is 1.90. The van der Waals surface area contributed by atoms with E-state index in [0.29, 0.717) is 40.6 Å². The Hall–Kier alpha value is -1.99. The first-order valence-corrected chi connectivity index (χ1v) is 7.47. The van der Waals surface area contributed by atoms with Crippen molar-refractivity contribution in [3.05, 3.63) is 28.9 Å². The van der Waals surface area contributed by atoms with Crippen LogP contribution in [-0.2, 0) is 4.74 Å². The average Bonchev–Trinajstić information content (AvgIpc) is 2.85. The molecule has 21 heavy (non-hydrogen) atoms. The van der Waals surface area contributed by atoms with Crippen molar-refractivity contribution in [3.8, 4) is 0 Å². The molecule has 7 heteroatoms. The zero-order valence-corrected chi connectivity index (χ0v) is 12.5. The number of nitrogens with zero attached hydrogens (tertiary/aromatic N) is 3. The SMILES string of the molecule is COCC1=CCN(C(=O)c2sc3nccnc3c2N)CC1. The van der Waals surface area contributed by atoms with Crippen LogP contribution in [0.25, 0.3) is 10.3 Å². The quantitative estimate of drug-likeness (QED) is 0.873. The molecule has 1 aliphatic heterocycles. The van der Waals surface area contributed by atoms with Gasteiger partial charge in [-0.2, -0.15) is 0 Å². The maximum absolute atomic E-state index is 12.6. The van der Waals surface area contributed by atoms with E-state index >= 15 is 0 Å². The minimum absolute atomic E-state index is 0.0509. The van der Waals surface area contributed by atoms with Gasteiger partial charge in [0.05, 0.1) is 12.3 Å². The van der Waals surface area contributed by atoms with Crippen LogP contribution in [0.2, 0.25) is 0 Å². The number of aromatic nitrogens is 2. The van der Waals surface area contributed by atoms with Gasteiger partial charge in [0.15, 0.2) is 0 Å². The van der Waals surface area contributed by atoms with E-state index in [2.05, 4.69) is 9.97 Å². The number of methoxy groups -OCH3 is 1. The number of hydrogen-bond donors (Lipinski definition) is 1. The van der Waals surface area contributed by atoms with Gasteiger partial charge < -0.3 is 15.4 Å². The van der Waals surface area contributed by atoms with Gasteiger partial charge in [-0.15, -0.1) is 11.3 Å². The highest BCUT2D eigenvalue weighted by Gasteiger charge is 2.24. The largest absolute Gasteiger partial charge is 0.396 e. The van der Waals surface area contributed by atoms with Crippen LogP contribution in [0, 0.1) is 0 Å². The van der Waals surface area contributed by atoms with Crippen molar-refractivity contribution in [1.82, 2.24) is 14.9 Å². The minimum atomic E-state index is -0.0509. The fourth-order valence-electron chi connectivity index (χ4n) is 2.36. The van der Waals surface area contributed by atoms with Crippen molar-refractivity contribution in [2.75, 3.05) is 32.5 Å². The highest BCUT2D eigenvalue weighted by atomic mass is 32.1. The third-order valence-corrected chi connectivity index (χ3v) is 4.57. The van der Waals surface area contributed by atoms with E-state index in [0.717, 1.165) is 6.42 Å². The number of hydrogen-bond acceptors (Lipinski definition) is 6. The Balaban J connectivity index is 1.83. The van der Waals surface area contributed by atoms with Crippen LogP contribution >= 0.6 is 11.3 Å². The molecule has 1 amide bonds. The van der Waals surface area contributed by atoms with Crippen LogP contribution in [0.15, 0.2) is 24.0 Å². The van der Waals surface area contributed by atoms with Gasteiger partial charge in [0.1, 0.15) is 15.2 Å². The molecular weight excluding hydrogens is 288 g/mol. The molecule has 0 aromatic carbocycles. The fourth-order valence-corrected chi connectivity index (χ4v) is 3.35. The lowest BCUT2D eigenvalue weighted by Gasteiger charge is -2.26. The number of amides is 1. The lowest BCUT2D eigenvalue weighted by atomic mass is 10.1. The van der Waals surface area contributed by atoms with Crippen molar-refractivity contribution in [1.29, 1.82) is 0 Å². The standard InChI is InChI=1S/C14H16N4O2S/c1-20-8-9-2-6-18(7-3-9)14(19)12-10(15)11-13(21-12)17-5-4-16-11/h2,4-5H,3,6-8,15H2,1H3. The zero-order chi connectivity index (χ0) is 14.8. The van der Waals surface area contributed by atoms with Crippen molar-refractivity contribution >= 4 is 33.3 Å². The lowest BCUT2D eigenvalue weighted by molar-refractivity contribution is 0.0770. The molecule has 0 saturated carbocycles. The number of carbonyl (C=O) groups is 1.